The van der Waals surface area contributed by atoms with E-state index in [1.807, 2.05) is 48.5 Å². The second-order valence-corrected chi connectivity index (χ2v) is 16.3. The predicted molar refractivity (Wildman–Crippen MR) is 219 cm³/mol. The monoisotopic (exact) mass is 706 g/mol. The molecular formula is C49H54O4. The Kier molecular flexibility index (Phi) is 10.9. The highest BCUT2D eigenvalue weighted by Gasteiger charge is 2.33. The summed E-state index contributed by atoms with van der Waals surface area (Å²) < 4.78 is 0. The lowest BCUT2D eigenvalue weighted by Gasteiger charge is -2.35. The third kappa shape index (κ3) is 8.28. The van der Waals surface area contributed by atoms with Crippen molar-refractivity contribution >= 4 is 0 Å². The summed E-state index contributed by atoms with van der Waals surface area (Å²) >= 11 is 0. The first-order valence-corrected chi connectivity index (χ1v) is 18.2. The second kappa shape index (κ2) is 14.9. The van der Waals surface area contributed by atoms with E-state index < -0.39 is 0 Å². The number of phenols is 4. The van der Waals surface area contributed by atoms with Crippen LogP contribution in [0.3, 0.4) is 0 Å². The van der Waals surface area contributed by atoms with Crippen molar-refractivity contribution in [3.63, 3.8) is 0 Å². The molecule has 0 radical (unpaired) electrons. The van der Waals surface area contributed by atoms with E-state index in [2.05, 4.69) is 105 Å². The highest BCUT2D eigenvalue weighted by Crippen LogP contribution is 2.42. The number of hydrogen-bond acceptors (Lipinski definition) is 4. The topological polar surface area (TPSA) is 80.9 Å². The molecule has 4 heteroatoms. The first kappa shape index (κ1) is 38.7. The van der Waals surface area contributed by atoms with Crippen LogP contribution in [0, 0.1) is 6.92 Å². The maximum atomic E-state index is 9.63. The maximum Gasteiger partial charge on any atom is 0.115 e. The molecule has 0 aliphatic carbocycles. The Morgan fingerprint density at radius 2 is 0.547 bits per heavy atom. The highest BCUT2D eigenvalue weighted by atomic mass is 16.3. The van der Waals surface area contributed by atoms with Gasteiger partial charge in [-0.05, 0) is 100.0 Å². The van der Waals surface area contributed by atoms with Crippen LogP contribution in [0.2, 0.25) is 0 Å². The number of aromatic hydroxyl groups is 4. The van der Waals surface area contributed by atoms with Crippen LogP contribution < -0.4 is 0 Å². The molecule has 6 aromatic rings. The summed E-state index contributed by atoms with van der Waals surface area (Å²) in [6.45, 7) is 19.8. The van der Waals surface area contributed by atoms with Crippen LogP contribution in [-0.2, 0) is 21.7 Å². The van der Waals surface area contributed by atoms with Gasteiger partial charge < -0.3 is 20.4 Å². The molecule has 0 saturated carbocycles. The van der Waals surface area contributed by atoms with Gasteiger partial charge in [0.2, 0.25) is 0 Å². The molecule has 0 fully saturated rings. The summed E-state index contributed by atoms with van der Waals surface area (Å²) in [6, 6.07) is 45.1. The van der Waals surface area contributed by atoms with Crippen LogP contribution in [0.1, 0.15) is 105 Å². The van der Waals surface area contributed by atoms with Crippen molar-refractivity contribution in [2.75, 3.05) is 0 Å². The number of benzene rings is 6. The molecule has 0 aromatic heterocycles. The molecule has 0 saturated heterocycles. The molecule has 4 nitrogen and oxygen atoms in total. The second-order valence-electron chi connectivity index (χ2n) is 16.3. The van der Waals surface area contributed by atoms with Crippen molar-refractivity contribution in [1.29, 1.82) is 0 Å². The quantitative estimate of drug-likeness (QED) is 0.127. The molecule has 0 amide bonds. The van der Waals surface area contributed by atoms with Crippen molar-refractivity contribution in [3.05, 3.63) is 190 Å². The van der Waals surface area contributed by atoms with Gasteiger partial charge >= 0.3 is 0 Å². The van der Waals surface area contributed by atoms with Gasteiger partial charge in [-0.2, -0.15) is 0 Å². The Morgan fingerprint density at radius 1 is 0.302 bits per heavy atom. The van der Waals surface area contributed by atoms with Gasteiger partial charge in [0.05, 0.1) is 0 Å². The molecule has 6 aromatic carbocycles. The van der Waals surface area contributed by atoms with E-state index in [4.69, 9.17) is 0 Å². The fourth-order valence-corrected chi connectivity index (χ4v) is 7.23. The molecule has 274 valence electrons. The Morgan fingerprint density at radius 3 is 0.811 bits per heavy atom. The van der Waals surface area contributed by atoms with E-state index in [1.165, 1.54) is 38.9 Å². The molecule has 0 atom stereocenters. The molecule has 0 heterocycles. The van der Waals surface area contributed by atoms with Gasteiger partial charge in [-0.25, -0.2) is 0 Å². The normalized spacial score (nSPS) is 12.2. The van der Waals surface area contributed by atoms with Crippen molar-refractivity contribution in [1.82, 2.24) is 0 Å². The van der Waals surface area contributed by atoms with Crippen molar-refractivity contribution in [2.24, 2.45) is 0 Å². The van der Waals surface area contributed by atoms with Crippen LogP contribution in [0.15, 0.2) is 140 Å². The zero-order valence-electron chi connectivity index (χ0n) is 32.6. The van der Waals surface area contributed by atoms with Gasteiger partial charge in [-0.15, -0.1) is 0 Å². The van der Waals surface area contributed by atoms with E-state index >= 15 is 0 Å². The molecule has 0 spiro atoms. The molecule has 0 bridgehead atoms. The minimum atomic E-state index is -0.210. The summed E-state index contributed by atoms with van der Waals surface area (Å²) in [7, 11) is 0. The van der Waals surface area contributed by atoms with Gasteiger partial charge in [0.15, 0.2) is 0 Å². The molecular weight excluding hydrogens is 653 g/mol. The van der Waals surface area contributed by atoms with Crippen molar-refractivity contribution < 1.29 is 20.4 Å². The van der Waals surface area contributed by atoms with Gasteiger partial charge in [0, 0.05) is 21.7 Å². The summed E-state index contributed by atoms with van der Waals surface area (Å²) in [5, 5.41) is 38.5. The smallest absolute Gasteiger partial charge is 0.115 e. The molecule has 0 aliphatic heterocycles. The molecule has 0 aliphatic rings. The number of hydrogen-bond donors (Lipinski definition) is 4. The predicted octanol–water partition coefficient (Wildman–Crippen LogP) is 11.8. The third-order valence-corrected chi connectivity index (χ3v) is 11.2. The zero-order chi connectivity index (χ0) is 38.8. The van der Waals surface area contributed by atoms with Crippen molar-refractivity contribution in [2.45, 2.75) is 84.0 Å². The fourth-order valence-electron chi connectivity index (χ4n) is 7.23. The van der Waals surface area contributed by atoms with Crippen LogP contribution in [0.25, 0.3) is 0 Å². The molecule has 6 rings (SSSR count). The average Bonchev–Trinajstić information content (AvgIpc) is 3.12. The Balaban J connectivity index is 0.000000204. The van der Waals surface area contributed by atoms with Gasteiger partial charge in [-0.1, -0.05) is 152 Å². The van der Waals surface area contributed by atoms with Crippen molar-refractivity contribution in [3.8, 4) is 23.0 Å². The highest BCUT2D eigenvalue weighted by molar-refractivity contribution is 5.51. The number of phenolic OH excluding ortho intramolecular Hbond substituents is 4. The van der Waals surface area contributed by atoms with E-state index in [0.29, 0.717) is 0 Å². The first-order chi connectivity index (χ1) is 24.8. The van der Waals surface area contributed by atoms with Crippen LogP contribution in [0.5, 0.6) is 23.0 Å². The Labute approximate surface area is 316 Å². The summed E-state index contributed by atoms with van der Waals surface area (Å²) in [5.41, 5.74) is 10.1. The Hall–Kier alpha value is -5.48. The summed E-state index contributed by atoms with van der Waals surface area (Å²) in [5.74, 6) is 1.13. The molecule has 0 unspecified atom stereocenters. The largest absolute Gasteiger partial charge is 0.508 e. The standard InChI is InChI=1S/C25H28O2.C24H26O2/c1-17-14-20(24(2,3)18-6-10-22(26)11-7-18)16-21(15-17)25(4,5)19-8-12-23(27)13-9-19;1-23(2,17-9-13-19(25)14-10-17)21-7-5-6-8-22(21)24(3,4)18-11-15-20(26)16-12-18/h6-16,26-27H,1-5H3;5-16,25-26H,1-4H3. The van der Waals surface area contributed by atoms with E-state index in [0.717, 1.165) is 11.1 Å². The minimum absolute atomic E-state index is 0.181. The summed E-state index contributed by atoms with van der Waals surface area (Å²) in [6.07, 6.45) is 0. The molecule has 4 N–H and O–H groups in total. The minimum Gasteiger partial charge on any atom is -0.508 e. The summed E-state index contributed by atoms with van der Waals surface area (Å²) in [4.78, 5) is 0. The van der Waals surface area contributed by atoms with E-state index in [-0.39, 0.29) is 44.7 Å². The van der Waals surface area contributed by atoms with Crippen LogP contribution in [-0.4, -0.2) is 20.4 Å². The fraction of sp³-hybridized carbons (Fsp3) is 0.265. The van der Waals surface area contributed by atoms with E-state index in [1.54, 1.807) is 48.5 Å². The van der Waals surface area contributed by atoms with Crippen LogP contribution >= 0.6 is 0 Å². The SMILES string of the molecule is CC(C)(c1ccc(O)cc1)c1ccccc1C(C)(C)c1ccc(O)cc1.Cc1cc(C(C)(C)c2ccc(O)cc2)cc(C(C)(C)c2ccc(O)cc2)c1. The van der Waals surface area contributed by atoms with Gasteiger partial charge in [0.25, 0.3) is 0 Å². The zero-order valence-corrected chi connectivity index (χ0v) is 32.6. The van der Waals surface area contributed by atoms with Gasteiger partial charge in [-0.3, -0.25) is 0 Å². The number of aryl methyl sites for hydroxylation is 1. The Bertz CT molecular complexity index is 1980. The lowest BCUT2D eigenvalue weighted by molar-refractivity contribution is 0.473. The first-order valence-electron chi connectivity index (χ1n) is 18.2. The maximum absolute atomic E-state index is 9.63. The molecule has 53 heavy (non-hydrogen) atoms. The number of rotatable bonds is 8. The third-order valence-electron chi connectivity index (χ3n) is 11.2. The lowest BCUT2D eigenvalue weighted by Crippen LogP contribution is -2.28. The van der Waals surface area contributed by atoms with Gasteiger partial charge in [0.1, 0.15) is 23.0 Å². The van der Waals surface area contributed by atoms with Crippen LogP contribution in [0.4, 0.5) is 0 Å². The average molecular weight is 707 g/mol. The lowest BCUT2D eigenvalue weighted by atomic mass is 9.68. The van der Waals surface area contributed by atoms with E-state index in [9.17, 15) is 20.4 Å².